The number of anilines is 1. The van der Waals surface area contributed by atoms with Crippen molar-refractivity contribution < 1.29 is 8.78 Å². The van der Waals surface area contributed by atoms with Crippen LogP contribution in [-0.2, 0) is 19.5 Å². The van der Waals surface area contributed by atoms with Gasteiger partial charge in [-0.15, -0.1) is 0 Å². The van der Waals surface area contributed by atoms with Crippen LogP contribution in [0.15, 0.2) is 30.7 Å². The van der Waals surface area contributed by atoms with E-state index in [2.05, 4.69) is 21.8 Å². The van der Waals surface area contributed by atoms with Gasteiger partial charge in [0.05, 0.1) is 29.1 Å². The van der Waals surface area contributed by atoms with Crippen molar-refractivity contribution in [1.29, 1.82) is 0 Å². The number of nitrogens with zero attached hydrogens (tertiary/aromatic N) is 5. The largest absolute Gasteiger partial charge is 0.365 e. The van der Waals surface area contributed by atoms with Gasteiger partial charge in [0.25, 0.3) is 0 Å². The molecule has 2 aromatic heterocycles. The molecule has 0 aliphatic carbocycles. The van der Waals surface area contributed by atoms with Gasteiger partial charge in [-0.1, -0.05) is 11.6 Å². The quantitative estimate of drug-likeness (QED) is 0.481. The molecule has 32 heavy (non-hydrogen) atoms. The Morgan fingerprint density at radius 3 is 2.69 bits per heavy atom. The number of benzene rings is 1. The number of pyridine rings is 1. The molecule has 0 spiro atoms. The van der Waals surface area contributed by atoms with Gasteiger partial charge in [-0.25, -0.2) is 8.78 Å². The molecule has 1 aliphatic rings. The SMILES string of the molecule is Cc1c(-c2cnn(CCN(C)C)c2)cnc2c1N(Cc1c(F)ccc(F)c1Cl)CCCC2. The third-order valence-electron chi connectivity index (χ3n) is 6.00. The fourth-order valence-electron chi connectivity index (χ4n) is 4.24. The molecule has 0 saturated heterocycles. The molecule has 0 unspecified atom stereocenters. The summed E-state index contributed by atoms with van der Waals surface area (Å²) in [5, 5.41) is 4.34. The second-order valence-electron chi connectivity index (χ2n) is 8.59. The van der Waals surface area contributed by atoms with E-state index < -0.39 is 11.6 Å². The first-order chi connectivity index (χ1) is 15.3. The summed E-state index contributed by atoms with van der Waals surface area (Å²) in [5.41, 5.74) is 5.21. The third kappa shape index (κ3) is 4.64. The van der Waals surface area contributed by atoms with Gasteiger partial charge in [-0.2, -0.15) is 5.10 Å². The van der Waals surface area contributed by atoms with E-state index in [0.717, 1.165) is 79.1 Å². The summed E-state index contributed by atoms with van der Waals surface area (Å²) in [4.78, 5) is 8.97. The second kappa shape index (κ2) is 9.55. The number of likely N-dealkylation sites (N-methyl/N-ethyl adjacent to an activating group) is 1. The maximum absolute atomic E-state index is 14.5. The molecular formula is C24H28ClF2N5. The van der Waals surface area contributed by atoms with Crippen LogP contribution in [0, 0.1) is 18.6 Å². The van der Waals surface area contributed by atoms with Crippen LogP contribution in [0.4, 0.5) is 14.5 Å². The van der Waals surface area contributed by atoms with Gasteiger partial charge in [-0.05, 0) is 58.0 Å². The lowest BCUT2D eigenvalue weighted by Gasteiger charge is -2.28. The Morgan fingerprint density at radius 1 is 1.12 bits per heavy atom. The molecule has 0 N–H and O–H groups in total. The summed E-state index contributed by atoms with van der Waals surface area (Å²) >= 11 is 6.14. The molecule has 4 rings (SSSR count). The predicted octanol–water partition coefficient (Wildman–Crippen LogP) is 5.09. The summed E-state index contributed by atoms with van der Waals surface area (Å²) in [6.07, 6.45) is 8.59. The van der Waals surface area contributed by atoms with Gasteiger partial charge < -0.3 is 9.80 Å². The summed E-state index contributed by atoms with van der Waals surface area (Å²) in [6, 6.07) is 2.20. The highest BCUT2D eigenvalue weighted by atomic mass is 35.5. The van der Waals surface area contributed by atoms with E-state index in [9.17, 15) is 8.78 Å². The van der Waals surface area contributed by atoms with Gasteiger partial charge in [-0.3, -0.25) is 9.67 Å². The Labute approximate surface area is 192 Å². The number of aryl methyl sites for hydroxylation is 1. The first kappa shape index (κ1) is 22.7. The van der Waals surface area contributed by atoms with Crippen LogP contribution in [0.1, 0.15) is 29.7 Å². The minimum Gasteiger partial charge on any atom is -0.365 e. The molecule has 1 aliphatic heterocycles. The Kier molecular flexibility index (Phi) is 6.76. The molecule has 5 nitrogen and oxygen atoms in total. The molecule has 0 fully saturated rings. The van der Waals surface area contributed by atoms with Crippen molar-refractivity contribution in [1.82, 2.24) is 19.7 Å². The van der Waals surface area contributed by atoms with E-state index in [1.165, 1.54) is 0 Å². The maximum atomic E-state index is 14.5. The van der Waals surface area contributed by atoms with Crippen LogP contribution in [0.3, 0.4) is 0 Å². The molecule has 0 atom stereocenters. The molecular weight excluding hydrogens is 432 g/mol. The molecule has 3 heterocycles. The number of rotatable bonds is 6. The summed E-state index contributed by atoms with van der Waals surface area (Å²) in [6.45, 7) is 4.69. The van der Waals surface area contributed by atoms with Crippen LogP contribution in [0.25, 0.3) is 11.1 Å². The highest BCUT2D eigenvalue weighted by Gasteiger charge is 2.24. The highest BCUT2D eigenvalue weighted by Crippen LogP contribution is 2.36. The number of hydrogen-bond donors (Lipinski definition) is 0. The summed E-state index contributed by atoms with van der Waals surface area (Å²) in [7, 11) is 4.07. The Morgan fingerprint density at radius 2 is 1.91 bits per heavy atom. The van der Waals surface area contributed by atoms with E-state index in [-0.39, 0.29) is 17.1 Å². The smallest absolute Gasteiger partial charge is 0.142 e. The predicted molar refractivity (Wildman–Crippen MR) is 124 cm³/mol. The zero-order valence-electron chi connectivity index (χ0n) is 18.7. The molecule has 170 valence electrons. The standard InChI is InChI=1S/C24H28ClF2N5/c1-16-18(17-12-29-32(14-17)11-10-30(2)3)13-28-22-6-4-5-9-31(24(16)22)15-19-20(26)7-8-21(27)23(19)25/h7-8,12-14H,4-6,9-11,15H2,1-3H3. The van der Waals surface area contributed by atoms with E-state index in [0.29, 0.717) is 0 Å². The summed E-state index contributed by atoms with van der Waals surface area (Å²) < 4.78 is 30.5. The average Bonchev–Trinajstić information content (AvgIpc) is 3.13. The lowest BCUT2D eigenvalue weighted by atomic mass is 10.0. The highest BCUT2D eigenvalue weighted by molar-refractivity contribution is 6.31. The van der Waals surface area contributed by atoms with Gasteiger partial charge in [0.1, 0.15) is 11.6 Å². The monoisotopic (exact) mass is 459 g/mol. The molecule has 0 bridgehead atoms. The minimum absolute atomic E-state index is 0.153. The molecule has 1 aromatic carbocycles. The lowest BCUT2D eigenvalue weighted by molar-refractivity contribution is 0.373. The normalized spacial score (nSPS) is 14.0. The minimum atomic E-state index is -0.605. The van der Waals surface area contributed by atoms with Gasteiger partial charge in [0.2, 0.25) is 0 Å². The van der Waals surface area contributed by atoms with Crippen molar-refractivity contribution in [3.63, 3.8) is 0 Å². The van der Waals surface area contributed by atoms with Crippen molar-refractivity contribution in [2.45, 2.75) is 39.3 Å². The van der Waals surface area contributed by atoms with E-state index in [1.807, 2.05) is 37.4 Å². The Balaban J connectivity index is 1.71. The number of aromatic nitrogens is 3. The van der Waals surface area contributed by atoms with Crippen LogP contribution < -0.4 is 4.90 Å². The molecule has 0 radical (unpaired) electrons. The molecule has 3 aromatic rings. The van der Waals surface area contributed by atoms with Crippen molar-refractivity contribution in [2.75, 3.05) is 32.1 Å². The Bertz CT molecular complexity index is 1110. The fraction of sp³-hybridized carbons (Fsp3) is 0.417. The van der Waals surface area contributed by atoms with E-state index in [4.69, 9.17) is 16.6 Å². The molecule has 0 amide bonds. The number of fused-ring (bicyclic) bond motifs is 1. The van der Waals surface area contributed by atoms with Crippen LogP contribution in [0.2, 0.25) is 5.02 Å². The molecule has 8 heteroatoms. The van der Waals surface area contributed by atoms with Crippen molar-refractivity contribution in [2.24, 2.45) is 0 Å². The summed E-state index contributed by atoms with van der Waals surface area (Å²) in [5.74, 6) is -1.10. The van der Waals surface area contributed by atoms with E-state index >= 15 is 0 Å². The van der Waals surface area contributed by atoms with Crippen molar-refractivity contribution >= 4 is 17.3 Å². The first-order valence-corrected chi connectivity index (χ1v) is 11.3. The first-order valence-electron chi connectivity index (χ1n) is 10.9. The lowest BCUT2D eigenvalue weighted by Crippen LogP contribution is -2.26. The van der Waals surface area contributed by atoms with Crippen molar-refractivity contribution in [3.05, 3.63) is 64.2 Å². The van der Waals surface area contributed by atoms with Gasteiger partial charge >= 0.3 is 0 Å². The topological polar surface area (TPSA) is 37.2 Å². The second-order valence-corrected chi connectivity index (χ2v) is 8.97. The average molecular weight is 460 g/mol. The van der Waals surface area contributed by atoms with E-state index in [1.54, 1.807) is 0 Å². The zero-order chi connectivity index (χ0) is 22.8. The Hall–Kier alpha value is -2.51. The van der Waals surface area contributed by atoms with Crippen LogP contribution >= 0.6 is 11.6 Å². The van der Waals surface area contributed by atoms with Crippen LogP contribution in [0.5, 0.6) is 0 Å². The van der Waals surface area contributed by atoms with Crippen LogP contribution in [-0.4, -0.2) is 46.8 Å². The fourth-order valence-corrected chi connectivity index (χ4v) is 4.45. The van der Waals surface area contributed by atoms with Gasteiger partial charge in [0, 0.05) is 48.7 Å². The number of halogens is 3. The maximum Gasteiger partial charge on any atom is 0.142 e. The number of hydrogen-bond acceptors (Lipinski definition) is 4. The third-order valence-corrected chi connectivity index (χ3v) is 6.41. The zero-order valence-corrected chi connectivity index (χ0v) is 19.5. The van der Waals surface area contributed by atoms with Gasteiger partial charge in [0.15, 0.2) is 0 Å². The molecule has 0 saturated carbocycles. The van der Waals surface area contributed by atoms with Crippen molar-refractivity contribution in [3.8, 4) is 11.1 Å².